The van der Waals surface area contributed by atoms with E-state index < -0.39 is 9.84 Å². The van der Waals surface area contributed by atoms with Gasteiger partial charge >= 0.3 is 0 Å². The predicted molar refractivity (Wildman–Crippen MR) is 87.0 cm³/mol. The monoisotopic (exact) mass is 340 g/mol. The van der Waals surface area contributed by atoms with Crippen molar-refractivity contribution in [2.24, 2.45) is 0 Å². The number of aromatic nitrogens is 2. The molecule has 1 amide bonds. The molecule has 1 aromatic heterocycles. The minimum Gasteiger partial charge on any atom is -0.348 e. The quantitative estimate of drug-likeness (QED) is 0.851. The van der Waals surface area contributed by atoms with Gasteiger partial charge in [0.05, 0.1) is 11.5 Å². The van der Waals surface area contributed by atoms with E-state index in [4.69, 9.17) is 0 Å². The van der Waals surface area contributed by atoms with Crippen molar-refractivity contribution in [2.75, 3.05) is 24.6 Å². The van der Waals surface area contributed by atoms with Crippen LogP contribution >= 0.6 is 0 Å². The standard InChI is InChI=1S/C15H24N4O3S/c1-2-19-9-5-14(17-19)15(20)16-12-3-7-18(8-4-12)13-6-10-23(21,22)11-13/h5,9,12-13H,2-4,6-8,10-11H2,1H3,(H,16,20)/t13-/m0/s1. The summed E-state index contributed by atoms with van der Waals surface area (Å²) in [5.41, 5.74) is 0.455. The highest BCUT2D eigenvalue weighted by Crippen LogP contribution is 2.22. The van der Waals surface area contributed by atoms with Crippen LogP contribution in [0.2, 0.25) is 0 Å². The maximum Gasteiger partial charge on any atom is 0.271 e. The zero-order valence-corrected chi connectivity index (χ0v) is 14.3. The van der Waals surface area contributed by atoms with Gasteiger partial charge in [-0.15, -0.1) is 0 Å². The summed E-state index contributed by atoms with van der Waals surface area (Å²) in [5, 5.41) is 7.26. The molecule has 7 nitrogen and oxygen atoms in total. The highest BCUT2D eigenvalue weighted by Gasteiger charge is 2.34. The predicted octanol–water partition coefficient (Wildman–Crippen LogP) is 0.284. The SMILES string of the molecule is CCn1ccc(C(=O)NC2CCN([C@H]3CCS(=O)(=O)C3)CC2)n1. The number of nitrogens with zero attached hydrogens (tertiary/aromatic N) is 3. The van der Waals surface area contributed by atoms with Crippen LogP contribution in [0.1, 0.15) is 36.7 Å². The molecule has 3 heterocycles. The van der Waals surface area contributed by atoms with Gasteiger partial charge in [-0.05, 0) is 32.3 Å². The van der Waals surface area contributed by atoms with Crippen LogP contribution in [0.5, 0.6) is 0 Å². The molecule has 0 bridgehead atoms. The zero-order valence-electron chi connectivity index (χ0n) is 13.4. The Morgan fingerprint density at radius 2 is 2.09 bits per heavy atom. The molecule has 1 aromatic rings. The van der Waals surface area contributed by atoms with Gasteiger partial charge in [0.25, 0.3) is 5.91 Å². The van der Waals surface area contributed by atoms with Gasteiger partial charge in [0.1, 0.15) is 5.69 Å². The Bertz CT molecular complexity index is 662. The number of rotatable bonds is 4. The third-order valence-corrected chi connectivity index (χ3v) is 6.54. The van der Waals surface area contributed by atoms with E-state index in [-0.39, 0.29) is 18.0 Å². The molecule has 2 aliphatic rings. The molecular weight excluding hydrogens is 316 g/mol. The number of hydrogen-bond acceptors (Lipinski definition) is 5. The number of sulfone groups is 1. The lowest BCUT2D eigenvalue weighted by Crippen LogP contribution is -2.48. The molecule has 2 fully saturated rings. The largest absolute Gasteiger partial charge is 0.348 e. The van der Waals surface area contributed by atoms with E-state index in [0.29, 0.717) is 17.2 Å². The first-order chi connectivity index (χ1) is 11.0. The van der Waals surface area contributed by atoms with E-state index in [1.165, 1.54) is 0 Å². The first-order valence-corrected chi connectivity index (χ1v) is 10.1. The summed E-state index contributed by atoms with van der Waals surface area (Å²) >= 11 is 0. The molecule has 2 aliphatic heterocycles. The van der Waals surface area contributed by atoms with Gasteiger partial charge in [0.2, 0.25) is 0 Å². The molecule has 0 spiro atoms. The van der Waals surface area contributed by atoms with Crippen LogP contribution in [0.3, 0.4) is 0 Å². The van der Waals surface area contributed by atoms with Crippen molar-refractivity contribution < 1.29 is 13.2 Å². The van der Waals surface area contributed by atoms with E-state index >= 15 is 0 Å². The lowest BCUT2D eigenvalue weighted by Gasteiger charge is -2.35. The molecule has 23 heavy (non-hydrogen) atoms. The minimum atomic E-state index is -2.84. The van der Waals surface area contributed by atoms with E-state index in [0.717, 1.165) is 38.9 Å². The Kier molecular flexibility index (Phi) is 4.72. The molecule has 0 unspecified atom stereocenters. The van der Waals surface area contributed by atoms with Crippen LogP contribution in [0, 0.1) is 0 Å². The van der Waals surface area contributed by atoms with Crippen LogP contribution < -0.4 is 5.32 Å². The van der Waals surface area contributed by atoms with Gasteiger partial charge in [-0.2, -0.15) is 5.10 Å². The van der Waals surface area contributed by atoms with Crippen LogP contribution in [0.15, 0.2) is 12.3 Å². The van der Waals surface area contributed by atoms with E-state index in [1.807, 2.05) is 6.92 Å². The molecule has 0 aromatic carbocycles. The smallest absolute Gasteiger partial charge is 0.271 e. The van der Waals surface area contributed by atoms with Crippen LogP contribution in [0.4, 0.5) is 0 Å². The summed E-state index contributed by atoms with van der Waals surface area (Å²) in [6.45, 7) is 4.41. The summed E-state index contributed by atoms with van der Waals surface area (Å²) in [5.74, 6) is 0.478. The Morgan fingerprint density at radius 3 is 2.65 bits per heavy atom. The van der Waals surface area contributed by atoms with Gasteiger partial charge in [-0.1, -0.05) is 0 Å². The summed E-state index contributed by atoms with van der Waals surface area (Å²) in [7, 11) is -2.84. The average Bonchev–Trinajstić information content (AvgIpc) is 3.14. The first kappa shape index (κ1) is 16.4. The summed E-state index contributed by atoms with van der Waals surface area (Å²) in [6, 6.07) is 2.04. The number of aryl methyl sites for hydroxylation is 1. The topological polar surface area (TPSA) is 84.3 Å². The van der Waals surface area contributed by atoms with Gasteiger partial charge in [-0.25, -0.2) is 8.42 Å². The number of piperidine rings is 1. The second-order valence-electron chi connectivity index (χ2n) is 6.40. The highest BCUT2D eigenvalue weighted by atomic mass is 32.2. The van der Waals surface area contributed by atoms with Gasteiger partial charge in [0.15, 0.2) is 9.84 Å². The Hall–Kier alpha value is -1.41. The fourth-order valence-electron chi connectivity index (χ4n) is 3.39. The molecule has 128 valence electrons. The summed E-state index contributed by atoms with van der Waals surface area (Å²) in [4.78, 5) is 14.4. The molecular formula is C15H24N4O3S. The van der Waals surface area contributed by atoms with Crippen LogP contribution in [-0.4, -0.2) is 65.7 Å². The lowest BCUT2D eigenvalue weighted by atomic mass is 10.0. The fraction of sp³-hybridized carbons (Fsp3) is 0.733. The third kappa shape index (κ3) is 3.92. The molecule has 0 saturated carbocycles. The number of carbonyl (C=O) groups excluding carboxylic acids is 1. The van der Waals surface area contributed by atoms with E-state index in [9.17, 15) is 13.2 Å². The van der Waals surface area contributed by atoms with Gasteiger partial charge in [0, 0.05) is 37.9 Å². The number of amides is 1. The number of carbonyl (C=O) groups is 1. The Morgan fingerprint density at radius 1 is 1.35 bits per heavy atom. The van der Waals surface area contributed by atoms with E-state index in [2.05, 4.69) is 15.3 Å². The van der Waals surface area contributed by atoms with Crippen molar-refractivity contribution >= 4 is 15.7 Å². The normalized spacial score (nSPS) is 25.5. The maximum atomic E-state index is 12.2. The highest BCUT2D eigenvalue weighted by molar-refractivity contribution is 7.91. The number of hydrogen-bond donors (Lipinski definition) is 1. The van der Waals surface area contributed by atoms with Crippen LogP contribution in [-0.2, 0) is 16.4 Å². The number of nitrogens with one attached hydrogen (secondary N) is 1. The van der Waals surface area contributed by atoms with Crippen molar-refractivity contribution in [3.05, 3.63) is 18.0 Å². The second-order valence-corrected chi connectivity index (χ2v) is 8.63. The molecule has 0 aliphatic carbocycles. The molecule has 0 radical (unpaired) electrons. The molecule has 8 heteroatoms. The second kappa shape index (κ2) is 6.60. The molecule has 2 saturated heterocycles. The fourth-order valence-corrected chi connectivity index (χ4v) is 5.15. The van der Waals surface area contributed by atoms with Crippen molar-refractivity contribution in [3.63, 3.8) is 0 Å². The van der Waals surface area contributed by atoms with Crippen molar-refractivity contribution in [1.82, 2.24) is 20.0 Å². The molecule has 3 rings (SSSR count). The third-order valence-electron chi connectivity index (χ3n) is 4.79. The minimum absolute atomic E-state index is 0.126. The zero-order chi connectivity index (χ0) is 16.4. The van der Waals surface area contributed by atoms with Crippen molar-refractivity contribution in [2.45, 2.75) is 44.8 Å². The Balaban J connectivity index is 1.48. The van der Waals surface area contributed by atoms with Crippen molar-refractivity contribution in [3.8, 4) is 0 Å². The summed E-state index contributed by atoms with van der Waals surface area (Å²) in [6.07, 6.45) is 4.26. The Labute approximate surface area is 137 Å². The van der Waals surface area contributed by atoms with Crippen LogP contribution in [0.25, 0.3) is 0 Å². The maximum absolute atomic E-state index is 12.2. The average molecular weight is 340 g/mol. The summed E-state index contributed by atoms with van der Waals surface area (Å²) < 4.78 is 24.9. The molecule has 1 N–H and O–H groups in total. The van der Waals surface area contributed by atoms with Gasteiger partial charge < -0.3 is 5.32 Å². The molecule has 1 atom stereocenters. The van der Waals surface area contributed by atoms with Crippen molar-refractivity contribution in [1.29, 1.82) is 0 Å². The number of likely N-dealkylation sites (tertiary alicyclic amines) is 1. The first-order valence-electron chi connectivity index (χ1n) is 8.25. The van der Waals surface area contributed by atoms with Gasteiger partial charge in [-0.3, -0.25) is 14.4 Å². The lowest BCUT2D eigenvalue weighted by molar-refractivity contribution is 0.0892. The van der Waals surface area contributed by atoms with E-state index in [1.54, 1.807) is 16.9 Å².